The number of benzene rings is 6. The van der Waals surface area contributed by atoms with Crippen molar-refractivity contribution in [1.82, 2.24) is 16.0 Å². The van der Waals surface area contributed by atoms with Gasteiger partial charge in [0, 0.05) is 46.2 Å². The van der Waals surface area contributed by atoms with E-state index in [4.69, 9.17) is 23.2 Å². The zero-order valence-electron chi connectivity index (χ0n) is 47.4. The Bertz CT molecular complexity index is 3470. The van der Waals surface area contributed by atoms with E-state index in [0.717, 1.165) is 86.7 Å². The summed E-state index contributed by atoms with van der Waals surface area (Å²) in [7, 11) is 6.91. The summed E-state index contributed by atoms with van der Waals surface area (Å²) in [6.07, 6.45) is -4.80. The second-order valence-electron chi connectivity index (χ2n) is 18.0. The van der Waals surface area contributed by atoms with Crippen LogP contribution in [0.2, 0.25) is 10.0 Å². The maximum Gasteiger partial charge on any atom is 0.411 e. The number of hydrogen-bond acceptors (Lipinski definition) is 12. The molecule has 456 valence electrons. The van der Waals surface area contributed by atoms with E-state index in [1.54, 1.807) is 17.4 Å². The fraction of sp³-hybridized carbons (Fsp3) is 0.263. The summed E-state index contributed by atoms with van der Waals surface area (Å²) in [5, 5.41) is 14.7. The second-order valence-corrected chi connectivity index (χ2v) is 18.8. The van der Waals surface area contributed by atoms with Gasteiger partial charge in [-0.2, -0.15) is 0 Å². The molecule has 0 bridgehead atoms. The van der Waals surface area contributed by atoms with E-state index in [0.29, 0.717) is 28.8 Å². The molecule has 0 saturated heterocycles. The van der Waals surface area contributed by atoms with E-state index in [9.17, 15) is 63.9 Å². The van der Waals surface area contributed by atoms with Crippen molar-refractivity contribution in [1.29, 1.82) is 0 Å². The number of aryl methyl sites for hydroxylation is 6. The summed E-state index contributed by atoms with van der Waals surface area (Å²) in [6.45, 7) is 11.3. The Kier molecular flexibility index (Phi) is 24.6. The van der Waals surface area contributed by atoms with E-state index in [2.05, 4.69) is 61.8 Å². The van der Waals surface area contributed by atoms with Crippen LogP contribution < -0.4 is 31.9 Å². The standard InChI is InChI=1S/C21H26N2O4.C19H20Cl2N2O4.C17H10F8N2O4/c1-12-7-16(8-13(2)18(12)11-22-20(24)26-5)17-9-14(3)19(15(4)10-17)23-21(25)27-6;1-10-5-13(15(20)7-12(10)9-22-18(24)26-3)14-6-11(2)17(8-16(14)21)23-19(25)27-4;1-30-16(28)26-3-4-7(18)9(20)5(10(21)8(4)19)6-11(22)13(24)15(14(25)12(6)23)27-17(29)31-2/h7-10H,11H2,1-6H3,(H,22,24)(H,23,25);5-8H,9H2,1-4H3,(H,22,24)(H,23,25);3H2,1-2H3,(H,26,28)(H,27,29). The number of amides is 6. The first kappa shape index (κ1) is 68.5. The van der Waals surface area contributed by atoms with Crippen LogP contribution in [0.15, 0.2) is 48.5 Å². The summed E-state index contributed by atoms with van der Waals surface area (Å²) < 4.78 is 141. The van der Waals surface area contributed by atoms with Gasteiger partial charge in [-0.05, 0) is 134 Å². The van der Waals surface area contributed by atoms with Crippen LogP contribution in [0.1, 0.15) is 50.1 Å². The Labute approximate surface area is 491 Å². The zero-order chi connectivity index (χ0) is 63.9. The highest BCUT2D eigenvalue weighted by Crippen LogP contribution is 2.41. The van der Waals surface area contributed by atoms with E-state index >= 15 is 0 Å². The Morgan fingerprint density at radius 3 is 1.13 bits per heavy atom. The lowest BCUT2D eigenvalue weighted by molar-refractivity contribution is 0.169. The lowest BCUT2D eigenvalue weighted by Gasteiger charge is -2.16. The van der Waals surface area contributed by atoms with Gasteiger partial charge in [0.05, 0.1) is 65.4 Å². The molecule has 0 radical (unpaired) electrons. The van der Waals surface area contributed by atoms with Crippen LogP contribution >= 0.6 is 23.2 Å². The van der Waals surface area contributed by atoms with E-state index < -0.39 is 112 Å². The highest BCUT2D eigenvalue weighted by Gasteiger charge is 2.35. The van der Waals surface area contributed by atoms with E-state index in [1.807, 2.05) is 65.8 Å². The van der Waals surface area contributed by atoms with Crippen molar-refractivity contribution >= 4 is 76.8 Å². The van der Waals surface area contributed by atoms with Crippen LogP contribution in [-0.4, -0.2) is 79.2 Å². The molecule has 85 heavy (non-hydrogen) atoms. The quantitative estimate of drug-likeness (QED) is 0.0382. The molecule has 0 heterocycles. The zero-order valence-corrected chi connectivity index (χ0v) is 48.9. The minimum absolute atomic E-state index is 0.299. The highest BCUT2D eigenvalue weighted by molar-refractivity contribution is 6.36. The van der Waals surface area contributed by atoms with Crippen molar-refractivity contribution in [2.75, 3.05) is 58.6 Å². The monoisotopic (exact) mass is 1240 g/mol. The molecule has 0 aliphatic carbocycles. The van der Waals surface area contributed by atoms with Crippen molar-refractivity contribution in [3.05, 3.63) is 155 Å². The Morgan fingerprint density at radius 2 is 0.706 bits per heavy atom. The minimum Gasteiger partial charge on any atom is -0.453 e. The minimum atomic E-state index is -2.47. The number of alkyl carbamates (subject to hydrolysis) is 3. The van der Waals surface area contributed by atoms with E-state index in [-0.39, 0.29) is 0 Å². The molecular formula is C57H56Cl2F8N6O12. The molecule has 0 saturated carbocycles. The Morgan fingerprint density at radius 1 is 0.365 bits per heavy atom. The predicted octanol–water partition coefficient (Wildman–Crippen LogP) is 14.4. The fourth-order valence-corrected chi connectivity index (χ4v) is 8.65. The topological polar surface area (TPSA) is 230 Å². The average molecular weight is 1240 g/mol. The summed E-state index contributed by atoms with van der Waals surface area (Å²) >= 11 is 12.9. The van der Waals surface area contributed by atoms with Gasteiger partial charge in [-0.3, -0.25) is 16.0 Å². The first-order chi connectivity index (χ1) is 40.0. The molecular weight excluding hydrogens is 1180 g/mol. The second kappa shape index (κ2) is 30.5. The van der Waals surface area contributed by atoms with Crippen LogP contribution in [0.4, 0.5) is 81.0 Å². The third-order valence-corrected chi connectivity index (χ3v) is 13.1. The van der Waals surface area contributed by atoms with Crippen molar-refractivity contribution in [3.63, 3.8) is 0 Å². The van der Waals surface area contributed by atoms with Crippen molar-refractivity contribution in [2.24, 2.45) is 0 Å². The molecule has 0 unspecified atom stereocenters. The smallest absolute Gasteiger partial charge is 0.411 e. The molecule has 6 aromatic rings. The molecule has 0 fully saturated rings. The number of carbonyl (C=O) groups excluding carboxylic acids is 6. The molecule has 0 atom stereocenters. The number of carbonyl (C=O) groups is 6. The van der Waals surface area contributed by atoms with Crippen LogP contribution in [0.3, 0.4) is 0 Å². The van der Waals surface area contributed by atoms with E-state index in [1.165, 1.54) is 33.8 Å². The molecule has 0 aliphatic rings. The molecule has 6 amide bonds. The van der Waals surface area contributed by atoms with Crippen molar-refractivity contribution in [2.45, 2.75) is 61.2 Å². The maximum atomic E-state index is 14.4. The summed E-state index contributed by atoms with van der Waals surface area (Å²) in [5.41, 5.74) is 5.42. The van der Waals surface area contributed by atoms with Gasteiger partial charge < -0.3 is 44.4 Å². The first-order valence-corrected chi connectivity index (χ1v) is 25.3. The molecule has 0 aliphatic heterocycles. The summed E-state index contributed by atoms with van der Waals surface area (Å²) in [6, 6.07) is 15.5. The fourth-order valence-electron chi connectivity index (χ4n) is 8.09. The normalized spacial score (nSPS) is 10.4. The number of anilines is 3. The van der Waals surface area contributed by atoms with Crippen LogP contribution in [-0.2, 0) is 48.1 Å². The van der Waals surface area contributed by atoms with Gasteiger partial charge in [-0.25, -0.2) is 63.9 Å². The van der Waals surface area contributed by atoms with Crippen LogP contribution in [0.25, 0.3) is 33.4 Å². The SMILES string of the molecule is COC(=O)NCc1c(C)cc(-c2cc(C)c(NC(=O)OC)c(C)c2)cc1C.COC(=O)NCc1c(F)c(F)c(-c2c(F)c(F)c(NC(=O)OC)c(F)c2F)c(F)c1F.COC(=O)NCc1cc(Cl)c(-c2cc(C)c(NC(=O)OC)cc2Cl)cc1C. The van der Waals surface area contributed by atoms with Gasteiger partial charge in [0.1, 0.15) is 5.69 Å². The molecule has 6 aromatic carbocycles. The molecule has 28 heteroatoms. The summed E-state index contributed by atoms with van der Waals surface area (Å²) in [4.78, 5) is 67.6. The Balaban J connectivity index is 0.000000274. The van der Waals surface area contributed by atoms with Gasteiger partial charge >= 0.3 is 36.6 Å². The molecule has 6 N–H and O–H groups in total. The summed E-state index contributed by atoms with van der Waals surface area (Å²) in [5.74, 6) is -18.9. The van der Waals surface area contributed by atoms with Gasteiger partial charge in [0.25, 0.3) is 0 Å². The maximum absolute atomic E-state index is 14.4. The molecule has 18 nitrogen and oxygen atoms in total. The Hall–Kier alpha value is -9.04. The average Bonchev–Trinajstić information content (AvgIpc) is 1.03. The third kappa shape index (κ3) is 16.8. The number of rotatable bonds is 12. The van der Waals surface area contributed by atoms with Gasteiger partial charge in [-0.15, -0.1) is 0 Å². The number of methoxy groups -OCH3 is 6. The van der Waals surface area contributed by atoms with Gasteiger partial charge in [0.15, 0.2) is 46.5 Å². The molecule has 6 rings (SSSR count). The number of halogens is 10. The predicted molar refractivity (Wildman–Crippen MR) is 300 cm³/mol. The first-order valence-electron chi connectivity index (χ1n) is 24.5. The van der Waals surface area contributed by atoms with Crippen LogP contribution in [0.5, 0.6) is 0 Å². The highest BCUT2D eigenvalue weighted by atomic mass is 35.5. The largest absolute Gasteiger partial charge is 0.453 e. The number of nitrogens with one attached hydrogen (secondary N) is 6. The van der Waals surface area contributed by atoms with Gasteiger partial charge in [0.2, 0.25) is 0 Å². The van der Waals surface area contributed by atoms with Crippen LogP contribution in [0, 0.1) is 88.1 Å². The number of ether oxygens (including phenoxy) is 6. The lowest BCUT2D eigenvalue weighted by atomic mass is 9.93. The molecule has 0 aromatic heterocycles. The third-order valence-electron chi connectivity index (χ3n) is 12.5. The number of hydrogen-bond donors (Lipinski definition) is 6. The lowest BCUT2D eigenvalue weighted by Crippen LogP contribution is -2.24. The van der Waals surface area contributed by atoms with Crippen molar-refractivity contribution < 1.29 is 92.3 Å². The van der Waals surface area contributed by atoms with Gasteiger partial charge in [-0.1, -0.05) is 35.3 Å². The molecule has 0 spiro atoms. The van der Waals surface area contributed by atoms with Crippen molar-refractivity contribution in [3.8, 4) is 33.4 Å².